The first-order valence-electron chi connectivity index (χ1n) is 3.61. The van der Waals surface area contributed by atoms with E-state index in [0.29, 0.717) is 0 Å². The number of methoxy groups -OCH3 is 1. The highest BCUT2D eigenvalue weighted by atomic mass is 16.5. The topological polar surface area (TPSA) is 21.3 Å². The number of hydrogen-bond acceptors (Lipinski definition) is 2. The van der Waals surface area contributed by atoms with Crippen molar-refractivity contribution >= 4 is 0 Å². The average Bonchev–Trinajstić information content (AvgIpc) is 1.89. The zero-order valence-electron chi connectivity index (χ0n) is 6.44. The van der Waals surface area contributed by atoms with Crippen molar-refractivity contribution in [2.45, 2.75) is 19.8 Å². The van der Waals surface area contributed by atoms with Crippen molar-refractivity contribution in [2.75, 3.05) is 26.8 Å². The highest BCUT2D eigenvalue weighted by molar-refractivity contribution is 4.43. The second-order valence-corrected chi connectivity index (χ2v) is 2.10. The zero-order chi connectivity index (χ0) is 6.95. The van der Waals surface area contributed by atoms with Gasteiger partial charge in [-0.2, -0.15) is 0 Å². The van der Waals surface area contributed by atoms with Gasteiger partial charge in [0.15, 0.2) is 0 Å². The molecule has 9 heavy (non-hydrogen) atoms. The van der Waals surface area contributed by atoms with Gasteiger partial charge in [0.2, 0.25) is 0 Å². The zero-order valence-corrected chi connectivity index (χ0v) is 6.44. The Bertz CT molecular complexity index is 42.2. The van der Waals surface area contributed by atoms with Crippen LogP contribution in [0.3, 0.4) is 0 Å². The quantitative estimate of drug-likeness (QED) is 0.543. The van der Waals surface area contributed by atoms with E-state index in [1.165, 1.54) is 6.42 Å². The van der Waals surface area contributed by atoms with Crippen molar-refractivity contribution in [2.24, 2.45) is 0 Å². The maximum absolute atomic E-state index is 4.88. The fourth-order valence-corrected chi connectivity index (χ4v) is 0.643. The predicted octanol–water partition coefficient (Wildman–Crippen LogP) is 1.02. The van der Waals surface area contributed by atoms with Crippen LogP contribution < -0.4 is 5.32 Å². The molecule has 0 aliphatic rings. The molecule has 0 aliphatic carbocycles. The van der Waals surface area contributed by atoms with Gasteiger partial charge in [-0.15, -0.1) is 0 Å². The van der Waals surface area contributed by atoms with Gasteiger partial charge < -0.3 is 10.1 Å². The summed E-state index contributed by atoms with van der Waals surface area (Å²) in [5.74, 6) is 0. The fourth-order valence-electron chi connectivity index (χ4n) is 0.643. The van der Waals surface area contributed by atoms with E-state index < -0.39 is 0 Å². The molecule has 1 N–H and O–H groups in total. The van der Waals surface area contributed by atoms with E-state index in [1.54, 1.807) is 7.11 Å². The van der Waals surface area contributed by atoms with Crippen LogP contribution in [0.15, 0.2) is 0 Å². The highest BCUT2D eigenvalue weighted by Gasteiger charge is 1.83. The van der Waals surface area contributed by atoms with Crippen LogP contribution in [0.1, 0.15) is 19.8 Å². The summed E-state index contributed by atoms with van der Waals surface area (Å²) in [5, 5.41) is 3.29. The minimum Gasteiger partial charge on any atom is -0.385 e. The largest absolute Gasteiger partial charge is 0.385 e. The lowest BCUT2D eigenvalue weighted by atomic mass is 10.4. The number of rotatable bonds is 6. The standard InChI is InChI=1S/C7H17NO/c1-3-5-8-6-4-7-9-2/h8H,3-7H2,1-2H3. The Labute approximate surface area is 57.6 Å². The minimum absolute atomic E-state index is 0.872. The summed E-state index contributed by atoms with van der Waals surface area (Å²) >= 11 is 0. The molecule has 2 heteroatoms. The van der Waals surface area contributed by atoms with Gasteiger partial charge in [-0.3, -0.25) is 0 Å². The number of nitrogens with one attached hydrogen (secondary N) is 1. The fraction of sp³-hybridized carbons (Fsp3) is 1.00. The smallest absolute Gasteiger partial charge is 0.0474 e. The lowest BCUT2D eigenvalue weighted by Crippen LogP contribution is -2.17. The molecule has 0 saturated carbocycles. The molecule has 0 amide bonds. The molecule has 0 rings (SSSR count). The van der Waals surface area contributed by atoms with Crippen molar-refractivity contribution < 1.29 is 4.74 Å². The van der Waals surface area contributed by atoms with Gasteiger partial charge in [0.25, 0.3) is 0 Å². The molecule has 0 spiro atoms. The Morgan fingerprint density at radius 3 is 2.67 bits per heavy atom. The Hall–Kier alpha value is -0.0800. The van der Waals surface area contributed by atoms with E-state index in [0.717, 1.165) is 26.1 Å². The highest BCUT2D eigenvalue weighted by Crippen LogP contribution is 1.77. The third-order valence-corrected chi connectivity index (χ3v) is 1.13. The predicted molar refractivity (Wildman–Crippen MR) is 39.7 cm³/mol. The summed E-state index contributed by atoms with van der Waals surface area (Å²) in [6.45, 7) is 5.26. The molecule has 0 saturated heterocycles. The van der Waals surface area contributed by atoms with Gasteiger partial charge >= 0.3 is 0 Å². The van der Waals surface area contributed by atoms with Gasteiger partial charge in [0.05, 0.1) is 0 Å². The third-order valence-electron chi connectivity index (χ3n) is 1.13. The van der Waals surface area contributed by atoms with Crippen molar-refractivity contribution in [1.82, 2.24) is 5.32 Å². The molecule has 0 aliphatic heterocycles. The Morgan fingerprint density at radius 1 is 1.33 bits per heavy atom. The van der Waals surface area contributed by atoms with E-state index in [2.05, 4.69) is 12.2 Å². The van der Waals surface area contributed by atoms with Gasteiger partial charge in [0, 0.05) is 13.7 Å². The minimum atomic E-state index is 0.872. The maximum Gasteiger partial charge on any atom is 0.0474 e. The maximum atomic E-state index is 4.88. The first-order valence-corrected chi connectivity index (χ1v) is 3.61. The second-order valence-electron chi connectivity index (χ2n) is 2.10. The van der Waals surface area contributed by atoms with Crippen molar-refractivity contribution in [1.29, 1.82) is 0 Å². The summed E-state index contributed by atoms with van der Waals surface area (Å²) in [6.07, 6.45) is 2.34. The van der Waals surface area contributed by atoms with E-state index >= 15 is 0 Å². The van der Waals surface area contributed by atoms with Crippen LogP contribution in [0.25, 0.3) is 0 Å². The average molecular weight is 131 g/mol. The molecule has 0 fully saturated rings. The summed E-state index contributed by atoms with van der Waals surface area (Å²) in [4.78, 5) is 0. The van der Waals surface area contributed by atoms with Crippen LogP contribution in [0.4, 0.5) is 0 Å². The van der Waals surface area contributed by atoms with Crippen molar-refractivity contribution in [3.8, 4) is 0 Å². The molecule has 2 nitrogen and oxygen atoms in total. The molecule has 0 heterocycles. The molecular formula is C7H17NO. The van der Waals surface area contributed by atoms with E-state index in [-0.39, 0.29) is 0 Å². The number of hydrogen-bond donors (Lipinski definition) is 1. The van der Waals surface area contributed by atoms with Gasteiger partial charge in [0.1, 0.15) is 0 Å². The van der Waals surface area contributed by atoms with Crippen LogP contribution >= 0.6 is 0 Å². The van der Waals surface area contributed by atoms with Crippen molar-refractivity contribution in [3.63, 3.8) is 0 Å². The first kappa shape index (κ1) is 8.92. The van der Waals surface area contributed by atoms with Crippen LogP contribution in [-0.4, -0.2) is 26.8 Å². The Kier molecular flexibility index (Phi) is 7.85. The van der Waals surface area contributed by atoms with Crippen LogP contribution in [-0.2, 0) is 4.74 Å². The lowest BCUT2D eigenvalue weighted by molar-refractivity contribution is 0.194. The molecule has 56 valence electrons. The summed E-state index contributed by atoms with van der Waals surface area (Å²) < 4.78 is 4.88. The van der Waals surface area contributed by atoms with Crippen LogP contribution in [0.2, 0.25) is 0 Å². The normalized spacial score (nSPS) is 10.0. The van der Waals surface area contributed by atoms with Gasteiger partial charge in [-0.05, 0) is 25.9 Å². The SMILES string of the molecule is CCCNCCCOC. The lowest BCUT2D eigenvalue weighted by Gasteiger charge is -2.00. The summed E-state index contributed by atoms with van der Waals surface area (Å²) in [5.41, 5.74) is 0. The molecule has 0 radical (unpaired) electrons. The van der Waals surface area contributed by atoms with Crippen molar-refractivity contribution in [3.05, 3.63) is 0 Å². The first-order chi connectivity index (χ1) is 4.41. The molecule has 0 atom stereocenters. The molecular weight excluding hydrogens is 114 g/mol. The van der Waals surface area contributed by atoms with E-state index in [1.807, 2.05) is 0 Å². The Balaban J connectivity index is 2.60. The molecule has 0 aromatic heterocycles. The van der Waals surface area contributed by atoms with Crippen LogP contribution in [0.5, 0.6) is 0 Å². The Morgan fingerprint density at radius 2 is 2.11 bits per heavy atom. The van der Waals surface area contributed by atoms with E-state index in [9.17, 15) is 0 Å². The number of ether oxygens (including phenoxy) is 1. The summed E-state index contributed by atoms with van der Waals surface area (Å²) in [7, 11) is 1.74. The van der Waals surface area contributed by atoms with E-state index in [4.69, 9.17) is 4.74 Å². The molecule has 0 bridgehead atoms. The molecule has 0 unspecified atom stereocenters. The summed E-state index contributed by atoms with van der Waals surface area (Å²) in [6, 6.07) is 0. The second kappa shape index (κ2) is 7.92. The molecule has 0 aromatic carbocycles. The molecule has 0 aromatic rings. The van der Waals surface area contributed by atoms with Gasteiger partial charge in [-0.25, -0.2) is 0 Å². The third kappa shape index (κ3) is 7.92. The van der Waals surface area contributed by atoms with Crippen LogP contribution in [0, 0.1) is 0 Å². The monoisotopic (exact) mass is 131 g/mol. The van der Waals surface area contributed by atoms with Gasteiger partial charge in [-0.1, -0.05) is 6.92 Å².